The number of carbonyl (C=O) groups excluding carboxylic acids is 2. The molecule has 0 radical (unpaired) electrons. The predicted octanol–water partition coefficient (Wildman–Crippen LogP) is 4.70. The Morgan fingerprint density at radius 3 is 2.38 bits per heavy atom. The molecule has 26 heavy (non-hydrogen) atoms. The average molecular weight is 349 g/mol. The van der Waals surface area contributed by atoms with E-state index in [4.69, 9.17) is 9.25 Å². The summed E-state index contributed by atoms with van der Waals surface area (Å²) in [4.78, 5) is 28.6. The first-order valence-corrected chi connectivity index (χ1v) is 7.75. The zero-order valence-corrected chi connectivity index (χ0v) is 13.9. The summed E-state index contributed by atoms with van der Waals surface area (Å²) in [6.07, 6.45) is 1.39. The second-order valence-electron chi connectivity index (χ2n) is 5.39. The number of benzene rings is 2. The minimum atomic E-state index is -0.566. The number of amides is 1. The number of carbonyl (C=O) groups is 2. The number of nitrogens with zero attached hydrogens (tertiary/aromatic N) is 2. The molecule has 2 aromatic carbocycles. The molecule has 0 aliphatic carbocycles. The Balaban J connectivity index is 1.55. The molecule has 0 aliphatic rings. The fourth-order valence-electron chi connectivity index (χ4n) is 2.00. The van der Waals surface area contributed by atoms with E-state index >= 15 is 0 Å². The Bertz CT molecular complexity index is 914. The van der Waals surface area contributed by atoms with Gasteiger partial charge in [0, 0.05) is 0 Å². The maximum Gasteiger partial charge on any atom is 0.362 e. The van der Waals surface area contributed by atoms with Crippen LogP contribution in [0.5, 0.6) is 0 Å². The van der Waals surface area contributed by atoms with Crippen molar-refractivity contribution in [1.29, 1.82) is 0 Å². The molecule has 0 bridgehead atoms. The molecule has 1 aromatic heterocycles. The number of anilines is 1. The van der Waals surface area contributed by atoms with Crippen molar-refractivity contribution in [3.63, 3.8) is 0 Å². The molecular formula is C19H15N3O4. The molecule has 0 fully saturated rings. The first-order valence-electron chi connectivity index (χ1n) is 7.75. The summed E-state index contributed by atoms with van der Waals surface area (Å²) < 4.78 is 4.94. The molecule has 1 heterocycles. The Kier molecular flexibility index (Phi) is 5.19. The van der Waals surface area contributed by atoms with Crippen LogP contribution >= 0.6 is 0 Å². The highest BCUT2D eigenvalue weighted by Crippen LogP contribution is 2.18. The van der Waals surface area contributed by atoms with Crippen LogP contribution in [-0.4, -0.2) is 11.9 Å². The average Bonchev–Trinajstić information content (AvgIpc) is 3.20. The molecule has 3 rings (SSSR count). The van der Waals surface area contributed by atoms with Crippen molar-refractivity contribution >= 4 is 23.3 Å². The molecule has 7 nitrogen and oxygen atoms in total. The quantitative estimate of drug-likeness (QED) is 0.532. The molecule has 3 aromatic rings. The molecule has 0 aliphatic heterocycles. The van der Waals surface area contributed by atoms with Gasteiger partial charge in [0.2, 0.25) is 0 Å². The highest BCUT2D eigenvalue weighted by atomic mass is 16.7. The fraction of sp³-hybridized carbons (Fsp3) is 0.0526. The van der Waals surface area contributed by atoms with Crippen LogP contribution in [0.3, 0.4) is 0 Å². The third kappa shape index (κ3) is 4.41. The van der Waals surface area contributed by atoms with Gasteiger partial charge in [-0.05, 0) is 55.5 Å². The summed E-state index contributed by atoms with van der Waals surface area (Å²) in [7, 11) is 0. The maximum absolute atomic E-state index is 11.9. The lowest BCUT2D eigenvalue weighted by atomic mass is 10.2. The third-order valence-electron chi connectivity index (χ3n) is 3.40. The molecule has 7 heteroatoms. The minimum absolute atomic E-state index is 0.120. The number of nitrogens with one attached hydrogen (secondary N) is 1. The number of azo groups is 1. The van der Waals surface area contributed by atoms with E-state index in [1.165, 1.54) is 12.3 Å². The van der Waals surface area contributed by atoms with Crippen LogP contribution < -0.4 is 5.48 Å². The van der Waals surface area contributed by atoms with Crippen LogP contribution in [0.2, 0.25) is 0 Å². The van der Waals surface area contributed by atoms with E-state index in [0.29, 0.717) is 16.9 Å². The summed E-state index contributed by atoms with van der Waals surface area (Å²) in [5.41, 5.74) is 5.11. The molecule has 0 spiro atoms. The van der Waals surface area contributed by atoms with Gasteiger partial charge >= 0.3 is 11.9 Å². The van der Waals surface area contributed by atoms with Gasteiger partial charge in [-0.2, -0.15) is 0 Å². The Hall–Kier alpha value is -3.74. The second kappa shape index (κ2) is 7.89. The summed E-state index contributed by atoms with van der Waals surface area (Å²) in [6.45, 7) is 1.94. The van der Waals surface area contributed by atoms with Gasteiger partial charge in [0.15, 0.2) is 5.76 Å². The third-order valence-corrected chi connectivity index (χ3v) is 3.40. The van der Waals surface area contributed by atoms with Gasteiger partial charge < -0.3 is 9.25 Å². The number of hydrogen-bond acceptors (Lipinski definition) is 6. The first-order chi connectivity index (χ1) is 12.6. The molecule has 1 amide bonds. The first kappa shape index (κ1) is 17.1. The van der Waals surface area contributed by atoms with Crippen molar-refractivity contribution in [2.45, 2.75) is 6.92 Å². The van der Waals surface area contributed by atoms with Crippen molar-refractivity contribution in [2.75, 3.05) is 5.48 Å². The topological polar surface area (TPSA) is 93.3 Å². The zero-order chi connectivity index (χ0) is 18.4. The van der Waals surface area contributed by atoms with Crippen molar-refractivity contribution in [1.82, 2.24) is 0 Å². The monoisotopic (exact) mass is 349 g/mol. The molecule has 130 valence electrons. The van der Waals surface area contributed by atoms with E-state index < -0.39 is 11.9 Å². The number of rotatable bonds is 5. The van der Waals surface area contributed by atoms with Gasteiger partial charge in [0.05, 0.1) is 23.2 Å². The smallest absolute Gasteiger partial charge is 0.362 e. The van der Waals surface area contributed by atoms with Crippen LogP contribution in [0.25, 0.3) is 0 Å². The summed E-state index contributed by atoms with van der Waals surface area (Å²) in [5, 5.41) is 7.41. The van der Waals surface area contributed by atoms with Crippen LogP contribution in [-0.2, 0) is 4.84 Å². The molecule has 0 saturated heterocycles. The van der Waals surface area contributed by atoms with Crippen LogP contribution in [0, 0.1) is 6.92 Å². The van der Waals surface area contributed by atoms with Crippen molar-refractivity contribution in [2.24, 2.45) is 10.2 Å². The molecular weight excluding hydrogens is 334 g/mol. The minimum Gasteiger partial charge on any atom is -0.459 e. The summed E-state index contributed by atoms with van der Waals surface area (Å²) in [5.74, 6) is -0.933. The number of aryl methyl sites for hydroxylation is 1. The lowest BCUT2D eigenvalue weighted by Crippen LogP contribution is -2.10. The van der Waals surface area contributed by atoms with Gasteiger partial charge in [-0.25, -0.2) is 10.3 Å². The summed E-state index contributed by atoms with van der Waals surface area (Å²) in [6, 6.07) is 16.7. The zero-order valence-electron chi connectivity index (χ0n) is 13.9. The SMILES string of the molecule is Cc1ccc(C(=O)ONc2ccc(N=NC(=O)c3ccco3)cc2)cc1. The van der Waals surface area contributed by atoms with Gasteiger partial charge in [-0.1, -0.05) is 17.7 Å². The van der Waals surface area contributed by atoms with Gasteiger partial charge in [0.1, 0.15) is 0 Å². The highest BCUT2D eigenvalue weighted by Gasteiger charge is 2.08. The van der Waals surface area contributed by atoms with Crippen molar-refractivity contribution < 1.29 is 18.8 Å². The predicted molar refractivity (Wildman–Crippen MR) is 94.2 cm³/mol. The second-order valence-corrected chi connectivity index (χ2v) is 5.39. The lowest BCUT2D eigenvalue weighted by Gasteiger charge is -2.07. The summed E-state index contributed by atoms with van der Waals surface area (Å²) >= 11 is 0. The molecule has 0 unspecified atom stereocenters. The van der Waals surface area contributed by atoms with Gasteiger partial charge in [-0.15, -0.1) is 10.2 Å². The number of hydrogen-bond donors (Lipinski definition) is 1. The largest absolute Gasteiger partial charge is 0.459 e. The lowest BCUT2D eigenvalue weighted by molar-refractivity contribution is 0.0596. The Morgan fingerprint density at radius 1 is 1.00 bits per heavy atom. The van der Waals surface area contributed by atoms with Crippen LogP contribution in [0.15, 0.2) is 81.6 Å². The standard InChI is InChI=1S/C19H15N3O4/c1-13-4-6-14(7-5-13)19(24)26-22-16-10-8-15(9-11-16)20-21-18(23)17-3-2-12-25-17/h2-12,22H,1H3. The molecule has 0 atom stereocenters. The van der Waals surface area contributed by atoms with Crippen molar-refractivity contribution in [3.05, 3.63) is 83.8 Å². The van der Waals surface area contributed by atoms with E-state index in [1.54, 1.807) is 42.5 Å². The van der Waals surface area contributed by atoms with E-state index in [1.807, 2.05) is 19.1 Å². The Labute approximate surface area is 149 Å². The molecule has 0 saturated carbocycles. The van der Waals surface area contributed by atoms with E-state index in [9.17, 15) is 9.59 Å². The van der Waals surface area contributed by atoms with E-state index in [-0.39, 0.29) is 5.76 Å². The highest BCUT2D eigenvalue weighted by molar-refractivity contribution is 5.92. The van der Waals surface area contributed by atoms with Gasteiger partial charge in [0.25, 0.3) is 0 Å². The maximum atomic E-state index is 11.9. The Morgan fingerprint density at radius 2 is 1.73 bits per heavy atom. The fourth-order valence-corrected chi connectivity index (χ4v) is 2.00. The molecule has 1 N–H and O–H groups in total. The van der Waals surface area contributed by atoms with E-state index in [2.05, 4.69) is 15.7 Å². The van der Waals surface area contributed by atoms with E-state index in [0.717, 1.165) is 5.56 Å². The number of furan rings is 1. The van der Waals surface area contributed by atoms with Crippen molar-refractivity contribution in [3.8, 4) is 0 Å². The normalized spacial score (nSPS) is 10.7. The van der Waals surface area contributed by atoms with Crippen LogP contribution in [0.1, 0.15) is 26.5 Å². The van der Waals surface area contributed by atoms with Crippen LogP contribution in [0.4, 0.5) is 11.4 Å². The van der Waals surface area contributed by atoms with Gasteiger partial charge in [-0.3, -0.25) is 4.79 Å².